The molecule has 2 aromatic heterocycles. The molecule has 1 aromatic carbocycles. The van der Waals surface area contributed by atoms with E-state index < -0.39 is 0 Å². The van der Waals surface area contributed by atoms with Crippen molar-refractivity contribution in [2.45, 2.75) is 11.1 Å². The first-order valence-electron chi connectivity index (χ1n) is 7.26. The number of carbonyl (C=O) groups is 1. The quantitative estimate of drug-likeness (QED) is 0.380. The number of anilines is 1. The summed E-state index contributed by atoms with van der Waals surface area (Å²) in [5.74, 6) is -0.0418. The maximum absolute atomic E-state index is 12.9. The van der Waals surface area contributed by atoms with Crippen LogP contribution in [0.25, 0.3) is 5.69 Å². The molecular weight excluding hydrogens is 404 g/mol. The lowest BCUT2D eigenvalue weighted by Crippen LogP contribution is -2.31. The number of aryl methyl sites for hydroxylation is 1. The van der Waals surface area contributed by atoms with Crippen molar-refractivity contribution in [1.29, 1.82) is 0 Å². The second kappa shape index (κ2) is 7.09. The molecule has 0 spiro atoms. The van der Waals surface area contributed by atoms with Crippen molar-refractivity contribution >= 4 is 50.5 Å². The van der Waals surface area contributed by atoms with Crippen LogP contribution >= 0.6 is 39.0 Å². The molecule has 0 saturated heterocycles. The molecule has 122 valence electrons. The maximum Gasteiger partial charge on any atom is 0.259 e. The SMILES string of the molecule is CSc1sc(C(=O)c2ccc(Br)cc2)c(N)c1-[n+]1cccc(C)c1. The van der Waals surface area contributed by atoms with E-state index in [9.17, 15) is 4.79 Å². The first kappa shape index (κ1) is 17.2. The molecule has 2 heterocycles. The van der Waals surface area contributed by atoms with Crippen molar-refractivity contribution in [3.05, 3.63) is 69.3 Å². The summed E-state index contributed by atoms with van der Waals surface area (Å²) >= 11 is 6.44. The zero-order chi connectivity index (χ0) is 17.3. The summed E-state index contributed by atoms with van der Waals surface area (Å²) in [4.78, 5) is 13.4. The van der Waals surface area contributed by atoms with Gasteiger partial charge in [0.15, 0.2) is 12.4 Å². The average Bonchev–Trinajstić information content (AvgIpc) is 2.91. The minimum Gasteiger partial charge on any atom is -0.392 e. The highest BCUT2D eigenvalue weighted by atomic mass is 79.9. The second-order valence-electron chi connectivity index (χ2n) is 5.31. The van der Waals surface area contributed by atoms with E-state index >= 15 is 0 Å². The van der Waals surface area contributed by atoms with E-state index in [1.165, 1.54) is 11.3 Å². The molecule has 0 unspecified atom stereocenters. The van der Waals surface area contributed by atoms with Gasteiger partial charge in [0.05, 0.1) is 0 Å². The normalized spacial score (nSPS) is 10.8. The summed E-state index contributed by atoms with van der Waals surface area (Å²) in [6.07, 6.45) is 5.98. The summed E-state index contributed by atoms with van der Waals surface area (Å²) in [6.45, 7) is 2.03. The molecule has 6 heteroatoms. The van der Waals surface area contributed by atoms with Crippen LogP contribution in [-0.4, -0.2) is 12.0 Å². The molecule has 0 atom stereocenters. The van der Waals surface area contributed by atoms with Gasteiger partial charge in [0.1, 0.15) is 14.8 Å². The largest absolute Gasteiger partial charge is 0.392 e. The molecule has 2 N–H and O–H groups in total. The monoisotopic (exact) mass is 419 g/mol. The number of benzene rings is 1. The number of ketones is 1. The molecule has 0 bridgehead atoms. The highest BCUT2D eigenvalue weighted by molar-refractivity contribution is 9.10. The number of pyridine rings is 1. The first-order valence-corrected chi connectivity index (χ1v) is 10.1. The van der Waals surface area contributed by atoms with Crippen LogP contribution in [0.3, 0.4) is 0 Å². The van der Waals surface area contributed by atoms with E-state index in [1.54, 1.807) is 11.8 Å². The van der Waals surface area contributed by atoms with Gasteiger partial charge >= 0.3 is 0 Å². The number of hydrogen-bond donors (Lipinski definition) is 1. The fourth-order valence-electron chi connectivity index (χ4n) is 2.43. The molecule has 0 fully saturated rings. The topological polar surface area (TPSA) is 47.0 Å². The van der Waals surface area contributed by atoms with E-state index in [-0.39, 0.29) is 5.78 Å². The Morgan fingerprint density at radius 2 is 1.96 bits per heavy atom. The van der Waals surface area contributed by atoms with Gasteiger partial charge in [0.25, 0.3) is 5.69 Å². The molecule has 0 aliphatic carbocycles. The molecule has 24 heavy (non-hydrogen) atoms. The third kappa shape index (κ3) is 3.27. The number of halogens is 1. The average molecular weight is 420 g/mol. The van der Waals surface area contributed by atoms with Crippen molar-refractivity contribution in [3.63, 3.8) is 0 Å². The molecule has 0 amide bonds. The smallest absolute Gasteiger partial charge is 0.259 e. The van der Waals surface area contributed by atoms with Crippen LogP contribution in [0.2, 0.25) is 0 Å². The Bertz CT molecular complexity index is 904. The predicted octanol–water partition coefficient (Wildman–Crippen LogP) is 4.63. The Labute approximate surface area is 157 Å². The van der Waals surface area contributed by atoms with Gasteiger partial charge in [-0.2, -0.15) is 4.57 Å². The lowest BCUT2D eigenvalue weighted by atomic mass is 10.1. The van der Waals surface area contributed by atoms with Crippen molar-refractivity contribution in [2.24, 2.45) is 0 Å². The lowest BCUT2D eigenvalue weighted by Gasteiger charge is -2.01. The Morgan fingerprint density at radius 1 is 1.25 bits per heavy atom. The number of nitrogens with two attached hydrogens (primary N) is 1. The zero-order valence-electron chi connectivity index (χ0n) is 13.2. The van der Waals surface area contributed by atoms with Gasteiger partial charge in [-0.15, -0.1) is 23.1 Å². The van der Waals surface area contributed by atoms with Gasteiger partial charge < -0.3 is 5.73 Å². The van der Waals surface area contributed by atoms with Crippen molar-refractivity contribution < 1.29 is 9.36 Å². The lowest BCUT2D eigenvalue weighted by molar-refractivity contribution is -0.597. The van der Waals surface area contributed by atoms with Crippen LogP contribution < -0.4 is 10.3 Å². The van der Waals surface area contributed by atoms with Crippen LogP contribution in [0.1, 0.15) is 20.8 Å². The number of nitrogens with zero attached hydrogens (tertiary/aromatic N) is 1. The van der Waals surface area contributed by atoms with Gasteiger partial charge in [-0.25, -0.2) is 0 Å². The van der Waals surface area contributed by atoms with Crippen molar-refractivity contribution in [3.8, 4) is 5.69 Å². The minimum absolute atomic E-state index is 0.0418. The number of carbonyl (C=O) groups excluding carboxylic acids is 1. The summed E-state index contributed by atoms with van der Waals surface area (Å²) in [5, 5.41) is 0. The number of thioether (sulfide) groups is 1. The van der Waals surface area contributed by atoms with E-state index in [0.717, 1.165) is 19.9 Å². The predicted molar refractivity (Wildman–Crippen MR) is 104 cm³/mol. The van der Waals surface area contributed by atoms with E-state index in [4.69, 9.17) is 5.73 Å². The molecule has 0 aliphatic rings. The zero-order valence-corrected chi connectivity index (χ0v) is 16.5. The molecule has 3 nitrogen and oxygen atoms in total. The Balaban J connectivity index is 2.11. The molecule has 0 radical (unpaired) electrons. The van der Waals surface area contributed by atoms with Crippen LogP contribution in [0.5, 0.6) is 0 Å². The summed E-state index contributed by atoms with van der Waals surface area (Å²) in [7, 11) is 0. The summed E-state index contributed by atoms with van der Waals surface area (Å²) in [6, 6.07) is 11.4. The van der Waals surface area contributed by atoms with Crippen LogP contribution in [0.15, 0.2) is 57.5 Å². The molecule has 3 aromatic rings. The molecule has 0 aliphatic heterocycles. The number of hydrogen-bond acceptors (Lipinski definition) is 4. The summed E-state index contributed by atoms with van der Waals surface area (Å²) in [5.41, 5.74) is 9.57. The summed E-state index contributed by atoms with van der Waals surface area (Å²) < 4.78 is 3.97. The van der Waals surface area contributed by atoms with Gasteiger partial charge in [0.2, 0.25) is 5.78 Å². The Kier molecular flexibility index (Phi) is 5.08. The van der Waals surface area contributed by atoms with E-state index in [1.807, 2.05) is 66.5 Å². The Morgan fingerprint density at radius 3 is 2.58 bits per heavy atom. The van der Waals surface area contributed by atoms with Gasteiger partial charge in [-0.05, 0) is 43.5 Å². The van der Waals surface area contributed by atoms with Crippen LogP contribution in [0, 0.1) is 6.92 Å². The standard InChI is InChI=1S/C18H15BrN2OS2/c1-11-4-3-9-21(10-11)15-14(20)17(24-18(15)23-2)16(22)12-5-7-13(19)8-6-12/h3-10H,1-2H3,(H-,20,22)/p+1. The van der Waals surface area contributed by atoms with E-state index in [0.29, 0.717) is 16.1 Å². The van der Waals surface area contributed by atoms with E-state index in [2.05, 4.69) is 15.9 Å². The first-order chi connectivity index (χ1) is 11.5. The van der Waals surface area contributed by atoms with Crippen LogP contribution in [-0.2, 0) is 0 Å². The number of rotatable bonds is 4. The third-order valence-electron chi connectivity index (χ3n) is 3.59. The maximum atomic E-state index is 12.9. The Hall–Kier alpha value is -1.63. The van der Waals surface area contributed by atoms with Gasteiger partial charge in [-0.1, -0.05) is 15.9 Å². The highest BCUT2D eigenvalue weighted by Crippen LogP contribution is 2.38. The number of nitrogen functional groups attached to an aromatic ring is 1. The molecule has 3 rings (SSSR count). The van der Waals surface area contributed by atoms with Gasteiger partial charge in [0, 0.05) is 21.7 Å². The molecule has 0 saturated carbocycles. The molecular formula is C18H16BrN2OS2+. The fraction of sp³-hybridized carbons (Fsp3) is 0.111. The number of thiophene rings is 1. The fourth-order valence-corrected chi connectivity index (χ4v) is 4.60. The third-order valence-corrected chi connectivity index (χ3v) is 6.42. The van der Waals surface area contributed by atoms with Crippen molar-refractivity contribution in [2.75, 3.05) is 12.0 Å². The minimum atomic E-state index is -0.0418. The highest BCUT2D eigenvalue weighted by Gasteiger charge is 2.27. The second-order valence-corrected chi connectivity index (χ2v) is 8.32. The number of aromatic nitrogens is 1. The van der Waals surface area contributed by atoms with Gasteiger partial charge in [-0.3, -0.25) is 4.79 Å². The van der Waals surface area contributed by atoms with Crippen molar-refractivity contribution in [1.82, 2.24) is 0 Å². The van der Waals surface area contributed by atoms with Crippen LogP contribution in [0.4, 0.5) is 5.69 Å².